The Morgan fingerprint density at radius 1 is 1.09 bits per heavy atom. The number of aromatic nitrogens is 3. The van der Waals surface area contributed by atoms with Crippen LogP contribution in [0.5, 0.6) is 0 Å². The maximum Gasteiger partial charge on any atom is 0.433 e. The van der Waals surface area contributed by atoms with Gasteiger partial charge in [0.15, 0.2) is 5.78 Å². The third-order valence-electron chi connectivity index (χ3n) is 9.98. The second kappa shape index (κ2) is 12.4. The van der Waals surface area contributed by atoms with Crippen LogP contribution in [0.25, 0.3) is 11.1 Å². The lowest BCUT2D eigenvalue weighted by Gasteiger charge is -2.34. The topological polar surface area (TPSA) is 94.5 Å². The maximum absolute atomic E-state index is 13.8. The highest BCUT2D eigenvalue weighted by molar-refractivity contribution is 6.41. The minimum absolute atomic E-state index is 0.00403. The number of hydrogen-bond donors (Lipinski definition) is 2. The first kappa shape index (κ1) is 31.6. The van der Waals surface area contributed by atoms with Crippen molar-refractivity contribution in [2.75, 3.05) is 19.6 Å². The number of H-pyrrole nitrogens is 1. The molecule has 1 saturated heterocycles. The van der Waals surface area contributed by atoms with Crippen molar-refractivity contribution < 1.29 is 23.1 Å². The first-order chi connectivity index (χ1) is 21.3. The summed E-state index contributed by atoms with van der Waals surface area (Å²) in [6.45, 7) is 9.23. The Balaban J connectivity index is 1.20. The van der Waals surface area contributed by atoms with Crippen molar-refractivity contribution in [1.29, 1.82) is 0 Å². The standard InChI is InChI=1S/C35H42F3N5O2/c1-34(2,3)25-8-9-28-24(16-25)17-29-30(40-28)19-31(41-29)32(45)18-23(10-13-43-14-11-26(44)12-15-43)21-4-6-22(7-5-21)27-20-39-42-33(27)35(36,37)38/h4-7,17,20,23,25-26,44H,8-16,18-19H2,1-3H3,(H,39,42)/t23-,25-/m0/s1. The van der Waals surface area contributed by atoms with Gasteiger partial charge in [-0.2, -0.15) is 18.3 Å². The lowest BCUT2D eigenvalue weighted by atomic mass is 9.71. The van der Waals surface area contributed by atoms with Crippen LogP contribution in [0.3, 0.4) is 0 Å². The average molecular weight is 622 g/mol. The van der Waals surface area contributed by atoms with E-state index in [4.69, 9.17) is 9.98 Å². The molecular weight excluding hydrogens is 579 g/mol. The number of pyridine rings is 1. The van der Waals surface area contributed by atoms with Gasteiger partial charge in [0.1, 0.15) is 5.69 Å². The number of nitrogens with one attached hydrogen (secondary N) is 1. The highest BCUT2D eigenvalue weighted by Gasteiger charge is 2.36. The fourth-order valence-electron chi connectivity index (χ4n) is 7.03. The summed E-state index contributed by atoms with van der Waals surface area (Å²) in [7, 11) is 0. The van der Waals surface area contributed by atoms with E-state index in [0.29, 0.717) is 30.0 Å². The van der Waals surface area contributed by atoms with Gasteiger partial charge in [0.25, 0.3) is 0 Å². The number of hydrogen-bond acceptors (Lipinski definition) is 6. The number of aliphatic hydroxyl groups excluding tert-OH is 1. The predicted octanol–water partition coefficient (Wildman–Crippen LogP) is 6.86. The van der Waals surface area contributed by atoms with Gasteiger partial charge in [0.05, 0.1) is 29.4 Å². The normalized spacial score (nSPS) is 20.1. The van der Waals surface area contributed by atoms with Gasteiger partial charge in [-0.25, -0.2) is 4.99 Å². The number of alkyl halides is 3. The Morgan fingerprint density at radius 3 is 2.51 bits per heavy atom. The van der Waals surface area contributed by atoms with Crippen molar-refractivity contribution in [3.8, 4) is 11.1 Å². The smallest absolute Gasteiger partial charge is 0.393 e. The van der Waals surface area contributed by atoms with E-state index in [1.165, 1.54) is 11.8 Å². The first-order valence-corrected chi connectivity index (χ1v) is 16.1. The van der Waals surface area contributed by atoms with Crippen molar-refractivity contribution in [2.24, 2.45) is 16.3 Å². The molecule has 2 aliphatic heterocycles. The van der Waals surface area contributed by atoms with Gasteiger partial charge in [-0.05, 0) is 85.1 Å². The van der Waals surface area contributed by atoms with Crippen molar-refractivity contribution in [3.05, 3.63) is 64.7 Å². The van der Waals surface area contributed by atoms with E-state index in [2.05, 4.69) is 41.9 Å². The number of ketones is 1. The number of likely N-dealkylation sites (tertiary alicyclic amines) is 1. The SMILES string of the molecule is CC(C)(C)[C@H]1CCc2nc3c(cc2C1)N=C(C(=O)C[C@H](CCN1CCC(O)CC1)c1ccc(-c2cn[nH]c2C(F)(F)F)cc1)C3. The molecule has 3 aliphatic rings. The molecule has 240 valence electrons. The Hall–Kier alpha value is -3.37. The first-order valence-electron chi connectivity index (χ1n) is 16.1. The Morgan fingerprint density at radius 2 is 1.82 bits per heavy atom. The van der Waals surface area contributed by atoms with Gasteiger partial charge in [-0.3, -0.25) is 14.9 Å². The molecule has 45 heavy (non-hydrogen) atoms. The van der Waals surface area contributed by atoms with Crippen molar-refractivity contribution >= 4 is 17.2 Å². The number of carbonyl (C=O) groups excluding carboxylic acids is 1. The summed E-state index contributed by atoms with van der Waals surface area (Å²) >= 11 is 0. The third-order valence-corrected chi connectivity index (χ3v) is 9.98. The predicted molar refractivity (Wildman–Crippen MR) is 168 cm³/mol. The number of nitrogens with zero attached hydrogens (tertiary/aromatic N) is 4. The van der Waals surface area contributed by atoms with Crippen LogP contribution in [0.15, 0.2) is 41.5 Å². The number of aliphatic imine (C=N–C) groups is 1. The zero-order valence-corrected chi connectivity index (χ0v) is 26.3. The molecule has 1 aromatic carbocycles. The van der Waals surface area contributed by atoms with Crippen LogP contribution in [-0.2, 0) is 30.2 Å². The van der Waals surface area contributed by atoms with E-state index in [1.54, 1.807) is 12.1 Å². The zero-order valence-electron chi connectivity index (χ0n) is 26.3. The Kier molecular flexibility index (Phi) is 8.73. The average Bonchev–Trinajstić information content (AvgIpc) is 3.66. The fraction of sp³-hybridized carbons (Fsp3) is 0.543. The summed E-state index contributed by atoms with van der Waals surface area (Å²) < 4.78 is 40.4. The molecule has 0 unspecified atom stereocenters. The number of aryl methyl sites for hydroxylation is 1. The summed E-state index contributed by atoms with van der Waals surface area (Å²) in [5.41, 5.74) is 5.24. The van der Waals surface area contributed by atoms with E-state index in [9.17, 15) is 23.1 Å². The lowest BCUT2D eigenvalue weighted by Crippen LogP contribution is -2.37. The van der Waals surface area contributed by atoms with Crippen LogP contribution in [0.2, 0.25) is 0 Å². The maximum atomic E-state index is 13.8. The van der Waals surface area contributed by atoms with Gasteiger partial charge >= 0.3 is 6.18 Å². The monoisotopic (exact) mass is 621 g/mol. The quantitative estimate of drug-likeness (QED) is 0.287. The molecule has 0 radical (unpaired) electrons. The number of halogens is 3. The molecule has 4 heterocycles. The number of benzene rings is 1. The molecule has 1 aliphatic carbocycles. The minimum atomic E-state index is -4.54. The molecule has 0 saturated carbocycles. The molecule has 0 spiro atoms. The molecule has 0 amide bonds. The van der Waals surface area contributed by atoms with Gasteiger partial charge in [0.2, 0.25) is 0 Å². The number of piperidine rings is 1. The molecule has 10 heteroatoms. The molecule has 3 aromatic rings. The molecular formula is C35H42F3N5O2. The highest BCUT2D eigenvalue weighted by Crippen LogP contribution is 2.40. The highest BCUT2D eigenvalue weighted by atomic mass is 19.4. The minimum Gasteiger partial charge on any atom is -0.393 e. The Labute approximate surface area is 262 Å². The molecule has 2 atom stereocenters. The zero-order chi connectivity index (χ0) is 31.9. The van der Waals surface area contributed by atoms with E-state index in [-0.39, 0.29) is 35.2 Å². The molecule has 1 fully saturated rings. The molecule has 0 bridgehead atoms. The summed E-state index contributed by atoms with van der Waals surface area (Å²) in [6, 6.07) is 9.14. The van der Waals surface area contributed by atoms with Crippen LogP contribution in [0, 0.1) is 11.3 Å². The number of Topliss-reactive ketones (excluding diaryl/α,β-unsaturated/α-hetero) is 1. The molecule has 6 rings (SSSR count). The van der Waals surface area contributed by atoms with Crippen LogP contribution >= 0.6 is 0 Å². The third kappa shape index (κ3) is 7.07. The number of rotatable bonds is 8. The number of carbonyl (C=O) groups is 1. The number of aliphatic hydroxyl groups is 1. The number of aromatic amines is 1. The van der Waals surface area contributed by atoms with E-state index in [0.717, 1.165) is 74.4 Å². The molecule has 2 aromatic heterocycles. The second-order valence-electron chi connectivity index (χ2n) is 14.1. The summed E-state index contributed by atoms with van der Waals surface area (Å²) in [4.78, 5) is 25.8. The van der Waals surface area contributed by atoms with Crippen LogP contribution in [-0.4, -0.2) is 62.4 Å². The van der Waals surface area contributed by atoms with Crippen LogP contribution in [0.1, 0.15) is 87.0 Å². The Bertz CT molecular complexity index is 1560. The summed E-state index contributed by atoms with van der Waals surface area (Å²) in [6.07, 6.45) is 2.28. The van der Waals surface area contributed by atoms with E-state index < -0.39 is 11.9 Å². The fourth-order valence-corrected chi connectivity index (χ4v) is 7.03. The van der Waals surface area contributed by atoms with Gasteiger partial charge in [-0.1, -0.05) is 45.0 Å². The lowest BCUT2D eigenvalue weighted by molar-refractivity contribution is -0.140. The van der Waals surface area contributed by atoms with Gasteiger partial charge < -0.3 is 10.0 Å². The largest absolute Gasteiger partial charge is 0.433 e. The summed E-state index contributed by atoms with van der Waals surface area (Å²) in [5, 5.41) is 15.6. The van der Waals surface area contributed by atoms with Gasteiger partial charge in [-0.15, -0.1) is 0 Å². The second-order valence-corrected chi connectivity index (χ2v) is 14.1. The van der Waals surface area contributed by atoms with E-state index >= 15 is 0 Å². The van der Waals surface area contributed by atoms with Gasteiger partial charge in [0, 0.05) is 37.2 Å². The van der Waals surface area contributed by atoms with Crippen molar-refractivity contribution in [3.63, 3.8) is 0 Å². The summed E-state index contributed by atoms with van der Waals surface area (Å²) in [5.74, 6) is 0.432. The molecule has 2 N–H and O–H groups in total. The van der Waals surface area contributed by atoms with E-state index in [1.807, 2.05) is 12.1 Å². The molecule has 7 nitrogen and oxygen atoms in total. The number of fused-ring (bicyclic) bond motifs is 2. The van der Waals surface area contributed by atoms with Crippen LogP contribution in [0.4, 0.5) is 18.9 Å². The van der Waals surface area contributed by atoms with Crippen LogP contribution < -0.4 is 0 Å². The van der Waals surface area contributed by atoms with Crippen molar-refractivity contribution in [1.82, 2.24) is 20.1 Å². The van der Waals surface area contributed by atoms with Crippen molar-refractivity contribution in [2.45, 2.75) is 90.3 Å².